The van der Waals surface area contributed by atoms with E-state index in [0.717, 1.165) is 11.1 Å². The van der Waals surface area contributed by atoms with Crippen molar-refractivity contribution < 1.29 is 14.7 Å². The number of pyridine rings is 1. The van der Waals surface area contributed by atoms with E-state index in [0.29, 0.717) is 5.52 Å². The Kier molecular flexibility index (Phi) is 4.10. The van der Waals surface area contributed by atoms with E-state index in [9.17, 15) is 14.7 Å². The Morgan fingerprint density at radius 3 is 2.56 bits per heavy atom. The van der Waals surface area contributed by atoms with Crippen LogP contribution >= 0.6 is 0 Å². The summed E-state index contributed by atoms with van der Waals surface area (Å²) in [5.74, 6) is -1.36. The molecule has 0 radical (unpaired) electrons. The molecule has 7 heteroatoms. The van der Waals surface area contributed by atoms with Gasteiger partial charge in [0.2, 0.25) is 5.95 Å². The lowest BCUT2D eigenvalue weighted by Gasteiger charge is -2.04. The van der Waals surface area contributed by atoms with Crippen molar-refractivity contribution in [2.75, 3.05) is 5.32 Å². The van der Waals surface area contributed by atoms with Crippen LogP contribution in [0.5, 0.6) is 0 Å². The van der Waals surface area contributed by atoms with Crippen molar-refractivity contribution in [1.82, 2.24) is 15.0 Å². The number of rotatable bonds is 4. The number of imidazole rings is 1. The SMILES string of the molecule is O=C(Nc1nc2c(C(=O)O)cccc2[nH]1)c1cc(-c2ccccc2)ccn1. The Morgan fingerprint density at radius 2 is 1.78 bits per heavy atom. The van der Waals surface area contributed by atoms with Crippen LogP contribution in [-0.4, -0.2) is 31.9 Å². The zero-order valence-corrected chi connectivity index (χ0v) is 14.0. The highest BCUT2D eigenvalue weighted by molar-refractivity contribution is 6.05. The Hall–Kier alpha value is -4.00. The third-order valence-corrected chi connectivity index (χ3v) is 4.07. The Morgan fingerprint density at radius 1 is 0.963 bits per heavy atom. The summed E-state index contributed by atoms with van der Waals surface area (Å²) >= 11 is 0. The van der Waals surface area contributed by atoms with Crippen molar-refractivity contribution in [3.63, 3.8) is 0 Å². The van der Waals surface area contributed by atoms with Crippen molar-refractivity contribution in [1.29, 1.82) is 0 Å². The van der Waals surface area contributed by atoms with Gasteiger partial charge in [-0.25, -0.2) is 9.78 Å². The minimum Gasteiger partial charge on any atom is -0.478 e. The van der Waals surface area contributed by atoms with E-state index >= 15 is 0 Å². The number of nitrogens with one attached hydrogen (secondary N) is 2. The molecule has 132 valence electrons. The van der Waals surface area contributed by atoms with E-state index < -0.39 is 11.9 Å². The van der Waals surface area contributed by atoms with E-state index in [2.05, 4.69) is 20.3 Å². The highest BCUT2D eigenvalue weighted by Crippen LogP contribution is 2.21. The molecular weight excluding hydrogens is 344 g/mol. The van der Waals surface area contributed by atoms with Crippen LogP contribution in [0.2, 0.25) is 0 Å². The van der Waals surface area contributed by atoms with Crippen LogP contribution in [0.1, 0.15) is 20.8 Å². The topological polar surface area (TPSA) is 108 Å². The summed E-state index contributed by atoms with van der Waals surface area (Å²) < 4.78 is 0. The molecule has 1 amide bonds. The molecule has 0 aliphatic heterocycles. The zero-order chi connectivity index (χ0) is 18.8. The van der Waals surface area contributed by atoms with Gasteiger partial charge in [0.1, 0.15) is 11.2 Å². The number of aromatic amines is 1. The molecule has 2 heterocycles. The standard InChI is InChI=1S/C20H14N4O3/c25-18(16-11-13(9-10-21-16)12-5-2-1-3-6-12)24-20-22-15-8-4-7-14(19(26)27)17(15)23-20/h1-11H,(H,26,27)(H2,22,23,24,25). The molecule has 0 bridgehead atoms. The highest BCUT2D eigenvalue weighted by Gasteiger charge is 2.15. The predicted octanol–water partition coefficient (Wildman–Crippen LogP) is 3.58. The second-order valence-electron chi connectivity index (χ2n) is 5.84. The number of carbonyl (C=O) groups excluding carboxylic acids is 1. The van der Waals surface area contributed by atoms with Gasteiger partial charge in [-0.05, 0) is 35.4 Å². The number of aromatic nitrogens is 3. The monoisotopic (exact) mass is 358 g/mol. The maximum Gasteiger partial charge on any atom is 0.337 e. The molecule has 3 N–H and O–H groups in total. The molecule has 2 aromatic carbocycles. The number of amides is 1. The van der Waals surface area contributed by atoms with Gasteiger partial charge in [0.25, 0.3) is 5.91 Å². The number of hydrogen-bond donors (Lipinski definition) is 3. The Labute approximate surface area is 153 Å². The van der Waals surface area contributed by atoms with Crippen LogP contribution in [0.3, 0.4) is 0 Å². The lowest BCUT2D eigenvalue weighted by atomic mass is 10.1. The summed E-state index contributed by atoms with van der Waals surface area (Å²) in [6, 6.07) is 17.9. The number of H-pyrrole nitrogens is 1. The van der Waals surface area contributed by atoms with Crippen LogP contribution in [-0.2, 0) is 0 Å². The van der Waals surface area contributed by atoms with Crippen LogP contribution in [0.4, 0.5) is 5.95 Å². The van der Waals surface area contributed by atoms with Gasteiger partial charge in [0.05, 0.1) is 11.1 Å². The molecule has 0 fully saturated rings. The number of hydrogen-bond acceptors (Lipinski definition) is 4. The van der Waals surface area contributed by atoms with E-state index in [1.807, 2.05) is 36.4 Å². The van der Waals surface area contributed by atoms with E-state index in [-0.39, 0.29) is 22.7 Å². The van der Waals surface area contributed by atoms with Crippen LogP contribution < -0.4 is 5.32 Å². The first-order valence-corrected chi connectivity index (χ1v) is 8.16. The third-order valence-electron chi connectivity index (χ3n) is 4.07. The lowest BCUT2D eigenvalue weighted by Crippen LogP contribution is -2.14. The summed E-state index contributed by atoms with van der Waals surface area (Å²) in [7, 11) is 0. The van der Waals surface area contributed by atoms with Crippen molar-refractivity contribution in [2.45, 2.75) is 0 Å². The van der Waals surface area contributed by atoms with Gasteiger partial charge in [-0.1, -0.05) is 36.4 Å². The number of carbonyl (C=O) groups is 2. The zero-order valence-electron chi connectivity index (χ0n) is 14.0. The fourth-order valence-electron chi connectivity index (χ4n) is 2.80. The minimum absolute atomic E-state index is 0.0634. The highest BCUT2D eigenvalue weighted by atomic mass is 16.4. The summed E-state index contributed by atoms with van der Waals surface area (Å²) in [6.45, 7) is 0. The van der Waals surface area contributed by atoms with Gasteiger partial charge in [-0.2, -0.15) is 0 Å². The molecule has 2 aromatic heterocycles. The van der Waals surface area contributed by atoms with Crippen molar-refractivity contribution in [3.8, 4) is 11.1 Å². The average Bonchev–Trinajstić information content (AvgIpc) is 3.11. The number of fused-ring (bicyclic) bond motifs is 1. The van der Waals surface area contributed by atoms with Crippen molar-refractivity contribution in [2.24, 2.45) is 0 Å². The summed E-state index contributed by atoms with van der Waals surface area (Å²) in [4.78, 5) is 35.0. The number of carboxylic acids is 1. The van der Waals surface area contributed by atoms with Crippen molar-refractivity contribution >= 4 is 28.9 Å². The molecule has 0 aliphatic carbocycles. The predicted molar refractivity (Wildman–Crippen MR) is 101 cm³/mol. The maximum atomic E-state index is 12.5. The molecule has 4 aromatic rings. The average molecular weight is 358 g/mol. The second-order valence-corrected chi connectivity index (χ2v) is 5.84. The largest absolute Gasteiger partial charge is 0.478 e. The van der Waals surface area contributed by atoms with Gasteiger partial charge in [-0.15, -0.1) is 0 Å². The molecule has 0 saturated carbocycles. The van der Waals surface area contributed by atoms with Gasteiger partial charge in [0, 0.05) is 6.20 Å². The first-order chi connectivity index (χ1) is 13.1. The molecular formula is C20H14N4O3. The first-order valence-electron chi connectivity index (χ1n) is 8.16. The molecule has 7 nitrogen and oxygen atoms in total. The van der Waals surface area contributed by atoms with Crippen LogP contribution in [0.15, 0.2) is 66.9 Å². The smallest absolute Gasteiger partial charge is 0.337 e. The number of para-hydroxylation sites is 1. The van der Waals surface area contributed by atoms with E-state index in [4.69, 9.17) is 0 Å². The number of carboxylic acid groups (broad SMARTS) is 1. The number of nitrogens with zero attached hydrogens (tertiary/aromatic N) is 2. The molecule has 4 rings (SSSR count). The van der Waals surface area contributed by atoms with Gasteiger partial charge in [-0.3, -0.25) is 15.1 Å². The quantitative estimate of drug-likeness (QED) is 0.517. The van der Waals surface area contributed by atoms with Gasteiger partial charge in [0.15, 0.2) is 0 Å². The molecule has 0 saturated heterocycles. The number of aromatic carboxylic acids is 1. The van der Waals surface area contributed by atoms with E-state index in [1.165, 1.54) is 6.07 Å². The molecule has 0 spiro atoms. The summed E-state index contributed by atoms with van der Waals surface area (Å²) in [6.07, 6.45) is 1.57. The maximum absolute atomic E-state index is 12.5. The fourth-order valence-corrected chi connectivity index (χ4v) is 2.80. The molecule has 0 aliphatic rings. The molecule has 0 unspecified atom stereocenters. The van der Waals surface area contributed by atoms with E-state index in [1.54, 1.807) is 24.4 Å². The minimum atomic E-state index is -1.08. The summed E-state index contributed by atoms with van der Waals surface area (Å²) in [5, 5.41) is 11.9. The van der Waals surface area contributed by atoms with Gasteiger partial charge >= 0.3 is 5.97 Å². The lowest BCUT2D eigenvalue weighted by molar-refractivity contribution is 0.0698. The third kappa shape index (κ3) is 3.25. The second kappa shape index (κ2) is 6.72. The number of benzene rings is 2. The Balaban J connectivity index is 1.62. The normalized spacial score (nSPS) is 10.7. The Bertz CT molecular complexity index is 1150. The van der Waals surface area contributed by atoms with Crippen molar-refractivity contribution in [3.05, 3.63) is 78.1 Å². The summed E-state index contributed by atoms with van der Waals surface area (Å²) in [5.41, 5.74) is 2.95. The van der Waals surface area contributed by atoms with Crippen LogP contribution in [0.25, 0.3) is 22.2 Å². The van der Waals surface area contributed by atoms with Crippen LogP contribution in [0, 0.1) is 0 Å². The number of anilines is 1. The van der Waals surface area contributed by atoms with Gasteiger partial charge < -0.3 is 10.1 Å². The first kappa shape index (κ1) is 16.5. The molecule has 27 heavy (non-hydrogen) atoms. The fraction of sp³-hybridized carbons (Fsp3) is 0. The molecule has 0 atom stereocenters.